The Hall–Kier alpha value is -0.630. The van der Waals surface area contributed by atoms with Crippen LogP contribution >= 0.6 is 0 Å². The minimum absolute atomic E-state index is 0.275. The van der Waals surface area contributed by atoms with Gasteiger partial charge >= 0.3 is 0 Å². The third-order valence-corrected chi connectivity index (χ3v) is 2.59. The Balaban J connectivity index is 2.19. The summed E-state index contributed by atoms with van der Waals surface area (Å²) < 4.78 is 5.27. The van der Waals surface area contributed by atoms with E-state index in [4.69, 9.17) is 4.74 Å². The first-order valence-corrected chi connectivity index (χ1v) is 5.44. The van der Waals surface area contributed by atoms with Gasteiger partial charge in [-0.1, -0.05) is 5.57 Å². The summed E-state index contributed by atoms with van der Waals surface area (Å²) in [6, 6.07) is 0. The van der Waals surface area contributed by atoms with Crippen molar-refractivity contribution in [3.63, 3.8) is 0 Å². The van der Waals surface area contributed by atoms with E-state index in [0.717, 1.165) is 38.0 Å². The Morgan fingerprint density at radius 3 is 2.57 bits per heavy atom. The predicted octanol–water partition coefficient (Wildman–Crippen LogP) is 2.73. The zero-order chi connectivity index (χ0) is 10.4. The first-order valence-electron chi connectivity index (χ1n) is 5.44. The van der Waals surface area contributed by atoms with Gasteiger partial charge in [-0.25, -0.2) is 0 Å². The fraction of sp³-hybridized carbons (Fsp3) is 0.750. The highest BCUT2D eigenvalue weighted by atomic mass is 16.5. The molecule has 80 valence electrons. The van der Waals surface area contributed by atoms with Crippen LogP contribution in [0.15, 0.2) is 11.6 Å². The van der Waals surface area contributed by atoms with E-state index < -0.39 is 0 Å². The molecule has 1 fully saturated rings. The van der Waals surface area contributed by atoms with Crippen LogP contribution in [0.1, 0.15) is 39.5 Å². The molecule has 0 amide bonds. The molecule has 2 heteroatoms. The normalized spacial score (nSPS) is 17.9. The van der Waals surface area contributed by atoms with Crippen molar-refractivity contribution in [3.05, 3.63) is 11.6 Å². The van der Waals surface area contributed by atoms with Crippen molar-refractivity contribution in [2.75, 3.05) is 13.2 Å². The second-order valence-corrected chi connectivity index (χ2v) is 4.28. The van der Waals surface area contributed by atoms with E-state index in [2.05, 4.69) is 0 Å². The molecule has 1 aliphatic rings. The first-order chi connectivity index (χ1) is 6.68. The van der Waals surface area contributed by atoms with E-state index in [9.17, 15) is 4.79 Å². The minimum Gasteiger partial charge on any atom is -0.381 e. The van der Waals surface area contributed by atoms with Gasteiger partial charge < -0.3 is 4.74 Å². The Morgan fingerprint density at radius 1 is 1.36 bits per heavy atom. The monoisotopic (exact) mass is 196 g/mol. The first kappa shape index (κ1) is 11.4. The number of rotatable bonds is 4. The maximum absolute atomic E-state index is 11.4. The molecule has 0 aliphatic carbocycles. The maximum Gasteiger partial charge on any atom is 0.155 e. The van der Waals surface area contributed by atoms with Crippen LogP contribution in [0.2, 0.25) is 0 Å². The van der Waals surface area contributed by atoms with Crippen molar-refractivity contribution in [3.8, 4) is 0 Å². The molecule has 0 aromatic heterocycles. The second-order valence-electron chi connectivity index (χ2n) is 4.28. The van der Waals surface area contributed by atoms with Crippen LogP contribution in [0.4, 0.5) is 0 Å². The third kappa shape index (κ3) is 4.56. The van der Waals surface area contributed by atoms with E-state index >= 15 is 0 Å². The Morgan fingerprint density at radius 2 is 2.00 bits per heavy atom. The molecule has 0 spiro atoms. The highest BCUT2D eigenvalue weighted by Crippen LogP contribution is 2.20. The average molecular weight is 196 g/mol. The summed E-state index contributed by atoms with van der Waals surface area (Å²) >= 11 is 0. The summed E-state index contributed by atoms with van der Waals surface area (Å²) in [4.78, 5) is 11.4. The molecular formula is C12H20O2. The SMILES string of the molecule is CC(C)=CC(=O)CCC1CCOCC1. The maximum atomic E-state index is 11.4. The van der Waals surface area contributed by atoms with Crippen molar-refractivity contribution < 1.29 is 9.53 Å². The van der Waals surface area contributed by atoms with Crippen molar-refractivity contribution >= 4 is 5.78 Å². The minimum atomic E-state index is 0.275. The van der Waals surface area contributed by atoms with E-state index in [1.54, 1.807) is 6.08 Å². The molecule has 2 nitrogen and oxygen atoms in total. The quantitative estimate of drug-likeness (QED) is 0.646. The molecule has 14 heavy (non-hydrogen) atoms. The standard InChI is InChI=1S/C12H20O2/c1-10(2)9-12(13)4-3-11-5-7-14-8-6-11/h9,11H,3-8H2,1-2H3. The van der Waals surface area contributed by atoms with Gasteiger partial charge in [0.2, 0.25) is 0 Å². The topological polar surface area (TPSA) is 26.3 Å². The molecule has 0 saturated carbocycles. The summed E-state index contributed by atoms with van der Waals surface area (Å²) in [6.07, 6.45) is 5.74. The number of carbonyl (C=O) groups excluding carboxylic acids is 1. The average Bonchev–Trinajstić information content (AvgIpc) is 2.15. The van der Waals surface area contributed by atoms with Crippen LogP contribution < -0.4 is 0 Å². The van der Waals surface area contributed by atoms with Crippen molar-refractivity contribution in [1.29, 1.82) is 0 Å². The van der Waals surface area contributed by atoms with Crippen molar-refractivity contribution in [2.24, 2.45) is 5.92 Å². The van der Waals surface area contributed by atoms with Crippen LogP contribution in [0.5, 0.6) is 0 Å². The van der Waals surface area contributed by atoms with E-state index in [0.29, 0.717) is 12.3 Å². The van der Waals surface area contributed by atoms with Gasteiger partial charge in [-0.2, -0.15) is 0 Å². The highest BCUT2D eigenvalue weighted by Gasteiger charge is 2.14. The van der Waals surface area contributed by atoms with Gasteiger partial charge in [-0.15, -0.1) is 0 Å². The summed E-state index contributed by atoms with van der Waals surface area (Å²) in [7, 11) is 0. The van der Waals surface area contributed by atoms with Gasteiger partial charge in [0.05, 0.1) is 0 Å². The molecule has 0 N–H and O–H groups in total. The van der Waals surface area contributed by atoms with Crippen LogP contribution in [0.3, 0.4) is 0 Å². The van der Waals surface area contributed by atoms with Crippen molar-refractivity contribution in [2.45, 2.75) is 39.5 Å². The van der Waals surface area contributed by atoms with Crippen LogP contribution in [-0.4, -0.2) is 19.0 Å². The summed E-state index contributed by atoms with van der Waals surface area (Å²) in [5.74, 6) is 0.981. The molecule has 0 unspecified atom stereocenters. The lowest BCUT2D eigenvalue weighted by Crippen LogP contribution is -2.16. The van der Waals surface area contributed by atoms with E-state index in [-0.39, 0.29) is 5.78 Å². The Labute approximate surface area is 86.3 Å². The fourth-order valence-corrected chi connectivity index (χ4v) is 1.78. The molecule has 1 rings (SSSR count). The van der Waals surface area contributed by atoms with Gasteiger partial charge in [-0.3, -0.25) is 4.79 Å². The number of hydrogen-bond donors (Lipinski definition) is 0. The van der Waals surface area contributed by atoms with Gasteiger partial charge in [0.25, 0.3) is 0 Å². The number of hydrogen-bond acceptors (Lipinski definition) is 2. The zero-order valence-electron chi connectivity index (χ0n) is 9.21. The molecule has 0 bridgehead atoms. The zero-order valence-corrected chi connectivity index (χ0v) is 9.21. The second kappa shape index (κ2) is 5.97. The lowest BCUT2D eigenvalue weighted by molar-refractivity contribution is -0.115. The van der Waals surface area contributed by atoms with Crippen LogP contribution in [-0.2, 0) is 9.53 Å². The van der Waals surface area contributed by atoms with Crippen molar-refractivity contribution in [1.82, 2.24) is 0 Å². The number of allylic oxidation sites excluding steroid dienone is 2. The summed E-state index contributed by atoms with van der Waals surface area (Å²) in [5, 5.41) is 0. The van der Waals surface area contributed by atoms with Crippen LogP contribution in [0, 0.1) is 5.92 Å². The van der Waals surface area contributed by atoms with Crippen LogP contribution in [0.25, 0.3) is 0 Å². The predicted molar refractivity (Wildman–Crippen MR) is 57.2 cm³/mol. The molecule has 1 heterocycles. The number of ketones is 1. The smallest absolute Gasteiger partial charge is 0.155 e. The molecule has 1 aliphatic heterocycles. The van der Waals surface area contributed by atoms with E-state index in [1.165, 1.54) is 0 Å². The van der Waals surface area contributed by atoms with Gasteiger partial charge in [0, 0.05) is 19.6 Å². The molecule has 1 saturated heterocycles. The Bertz CT molecular complexity index is 208. The van der Waals surface area contributed by atoms with Gasteiger partial charge in [0.1, 0.15) is 0 Å². The molecule has 0 aromatic carbocycles. The fourth-order valence-electron chi connectivity index (χ4n) is 1.78. The third-order valence-electron chi connectivity index (χ3n) is 2.59. The molecule has 0 aromatic rings. The van der Waals surface area contributed by atoms with Gasteiger partial charge in [0.15, 0.2) is 5.78 Å². The Kier molecular flexibility index (Phi) is 4.88. The lowest BCUT2D eigenvalue weighted by Gasteiger charge is -2.21. The number of carbonyl (C=O) groups is 1. The highest BCUT2D eigenvalue weighted by molar-refractivity contribution is 5.90. The lowest BCUT2D eigenvalue weighted by atomic mass is 9.94. The largest absolute Gasteiger partial charge is 0.381 e. The summed E-state index contributed by atoms with van der Waals surface area (Å²) in [6.45, 7) is 5.68. The molecule has 0 radical (unpaired) electrons. The van der Waals surface area contributed by atoms with E-state index in [1.807, 2.05) is 13.8 Å². The van der Waals surface area contributed by atoms with Gasteiger partial charge in [-0.05, 0) is 45.1 Å². The molecule has 0 atom stereocenters. The molecular weight excluding hydrogens is 176 g/mol. The summed E-state index contributed by atoms with van der Waals surface area (Å²) in [5.41, 5.74) is 1.10. The number of ether oxygens (including phenoxy) is 1.